The molecule has 0 aliphatic heterocycles. The minimum Gasteiger partial charge on any atom is -0.494 e. The van der Waals surface area contributed by atoms with Gasteiger partial charge in [0.1, 0.15) is 5.02 Å². The first kappa shape index (κ1) is 9.78. The van der Waals surface area contributed by atoms with E-state index < -0.39 is 0 Å². The van der Waals surface area contributed by atoms with Gasteiger partial charge < -0.3 is 10.5 Å². The second kappa shape index (κ2) is 3.60. The Kier molecular flexibility index (Phi) is 2.94. The Hall–Kier alpha value is -0.310. The summed E-state index contributed by atoms with van der Waals surface area (Å²) in [7, 11) is 1.46. The van der Waals surface area contributed by atoms with Crippen molar-refractivity contribution in [2.24, 2.45) is 0 Å². The molecule has 0 fully saturated rings. The smallest absolute Gasteiger partial charge is 0.157 e. The number of halogens is 3. The highest BCUT2D eigenvalue weighted by atomic mass is 35.5. The number of benzene rings is 1. The molecule has 1 aromatic rings. The van der Waals surface area contributed by atoms with Gasteiger partial charge in [-0.15, -0.1) is 0 Å². The molecule has 0 heterocycles. The molecule has 0 aliphatic rings. The van der Waals surface area contributed by atoms with Crippen molar-refractivity contribution in [2.45, 2.75) is 0 Å². The maximum atomic E-state index is 5.78. The van der Waals surface area contributed by atoms with Crippen molar-refractivity contribution >= 4 is 40.5 Å². The van der Waals surface area contributed by atoms with Crippen LogP contribution in [0.15, 0.2) is 6.07 Å². The van der Waals surface area contributed by atoms with E-state index >= 15 is 0 Å². The maximum Gasteiger partial charge on any atom is 0.157 e. The van der Waals surface area contributed by atoms with Gasteiger partial charge in [0.05, 0.1) is 22.8 Å². The summed E-state index contributed by atoms with van der Waals surface area (Å²) in [6, 6.07) is 1.49. The van der Waals surface area contributed by atoms with Crippen LogP contribution in [0.25, 0.3) is 0 Å². The van der Waals surface area contributed by atoms with Crippen LogP contribution in [-0.4, -0.2) is 7.11 Å². The van der Waals surface area contributed by atoms with E-state index in [1.54, 1.807) is 0 Å². The van der Waals surface area contributed by atoms with E-state index in [-0.39, 0.29) is 10.0 Å². The Morgan fingerprint density at radius 1 is 1.25 bits per heavy atom. The van der Waals surface area contributed by atoms with Gasteiger partial charge in [-0.25, -0.2) is 0 Å². The number of methoxy groups -OCH3 is 1. The van der Waals surface area contributed by atoms with Gasteiger partial charge in [-0.2, -0.15) is 0 Å². The van der Waals surface area contributed by atoms with Gasteiger partial charge in [0.15, 0.2) is 5.75 Å². The van der Waals surface area contributed by atoms with Gasteiger partial charge >= 0.3 is 0 Å². The summed E-state index contributed by atoms with van der Waals surface area (Å²) in [6.07, 6.45) is 0. The Morgan fingerprint density at radius 2 is 1.83 bits per heavy atom. The number of rotatable bonds is 1. The van der Waals surface area contributed by atoms with E-state index in [1.165, 1.54) is 13.2 Å². The molecule has 0 bridgehead atoms. The average Bonchev–Trinajstić information content (AvgIpc) is 2.01. The van der Waals surface area contributed by atoms with Crippen LogP contribution in [0, 0.1) is 0 Å². The minimum atomic E-state index is 0.240. The first-order valence-corrected chi connectivity index (χ1v) is 4.18. The lowest BCUT2D eigenvalue weighted by Gasteiger charge is -2.08. The standard InChI is InChI=1S/C7H6Cl3NO/c1-12-7-3(8)2-4(11)5(9)6(7)10/h2H,11H2,1H3. The van der Waals surface area contributed by atoms with Gasteiger partial charge in [0, 0.05) is 0 Å². The molecule has 2 nitrogen and oxygen atoms in total. The zero-order chi connectivity index (χ0) is 9.30. The summed E-state index contributed by atoms with van der Waals surface area (Å²) in [4.78, 5) is 0. The molecule has 0 spiro atoms. The van der Waals surface area contributed by atoms with E-state index in [1.807, 2.05) is 0 Å². The molecule has 0 atom stereocenters. The fraction of sp³-hybridized carbons (Fsp3) is 0.143. The van der Waals surface area contributed by atoms with Crippen LogP contribution in [0.5, 0.6) is 5.75 Å². The average molecular weight is 226 g/mol. The van der Waals surface area contributed by atoms with E-state index in [9.17, 15) is 0 Å². The van der Waals surface area contributed by atoms with Gasteiger partial charge in [0.25, 0.3) is 0 Å². The number of hydrogen-bond acceptors (Lipinski definition) is 2. The molecule has 66 valence electrons. The first-order chi connectivity index (χ1) is 5.57. The predicted octanol–water partition coefficient (Wildman–Crippen LogP) is 3.24. The predicted molar refractivity (Wildman–Crippen MR) is 52.4 cm³/mol. The molecule has 2 N–H and O–H groups in total. The van der Waals surface area contributed by atoms with Crippen LogP contribution in [0.4, 0.5) is 5.69 Å². The Bertz CT molecular complexity index is 314. The molecule has 12 heavy (non-hydrogen) atoms. The number of hydrogen-bond donors (Lipinski definition) is 1. The lowest BCUT2D eigenvalue weighted by Crippen LogP contribution is -1.91. The summed E-state index contributed by atoms with van der Waals surface area (Å²) >= 11 is 17.3. The van der Waals surface area contributed by atoms with Crippen LogP contribution in [0.3, 0.4) is 0 Å². The van der Waals surface area contributed by atoms with Crippen LogP contribution in [0.2, 0.25) is 15.1 Å². The van der Waals surface area contributed by atoms with Crippen LogP contribution >= 0.6 is 34.8 Å². The van der Waals surface area contributed by atoms with Gasteiger partial charge in [-0.3, -0.25) is 0 Å². The Morgan fingerprint density at radius 3 is 2.33 bits per heavy atom. The largest absolute Gasteiger partial charge is 0.494 e. The van der Waals surface area contributed by atoms with Crippen LogP contribution in [-0.2, 0) is 0 Å². The third-order valence-corrected chi connectivity index (χ3v) is 2.49. The molecule has 0 radical (unpaired) electrons. The molecular formula is C7H6Cl3NO. The summed E-state index contributed by atoms with van der Waals surface area (Å²) in [5.74, 6) is 0.345. The van der Waals surface area contributed by atoms with Crippen LogP contribution in [0.1, 0.15) is 0 Å². The number of nitrogen functional groups attached to an aromatic ring is 1. The zero-order valence-corrected chi connectivity index (χ0v) is 8.46. The van der Waals surface area contributed by atoms with Crippen molar-refractivity contribution in [1.29, 1.82) is 0 Å². The highest BCUT2D eigenvalue weighted by Gasteiger charge is 2.12. The second-order valence-electron chi connectivity index (χ2n) is 2.11. The molecule has 0 amide bonds. The van der Waals surface area contributed by atoms with E-state index in [0.717, 1.165) is 0 Å². The summed E-state index contributed by atoms with van der Waals surface area (Å²) < 4.78 is 4.91. The molecule has 5 heteroatoms. The lowest BCUT2D eigenvalue weighted by atomic mass is 10.3. The summed E-state index contributed by atoms with van der Waals surface area (Å²) in [6.45, 7) is 0. The molecule has 0 saturated heterocycles. The molecule has 0 saturated carbocycles. The normalized spacial score (nSPS) is 10.0. The zero-order valence-electron chi connectivity index (χ0n) is 6.20. The third kappa shape index (κ3) is 1.56. The Labute approximate surface area is 85.2 Å². The van der Waals surface area contributed by atoms with E-state index in [0.29, 0.717) is 16.5 Å². The molecular weight excluding hydrogens is 220 g/mol. The van der Waals surface area contributed by atoms with Gasteiger partial charge in [-0.05, 0) is 6.07 Å². The molecule has 1 aromatic carbocycles. The lowest BCUT2D eigenvalue weighted by molar-refractivity contribution is 0.415. The molecule has 0 aromatic heterocycles. The Balaban J connectivity index is 3.40. The highest BCUT2D eigenvalue weighted by Crippen LogP contribution is 2.41. The second-order valence-corrected chi connectivity index (χ2v) is 3.27. The summed E-state index contributed by atoms with van der Waals surface area (Å²) in [5, 5.41) is 0.853. The highest BCUT2D eigenvalue weighted by molar-refractivity contribution is 6.46. The molecule has 1 rings (SSSR count). The molecule has 0 aliphatic carbocycles. The number of ether oxygens (including phenoxy) is 1. The van der Waals surface area contributed by atoms with Gasteiger partial charge in [0.2, 0.25) is 0 Å². The fourth-order valence-corrected chi connectivity index (χ4v) is 1.55. The van der Waals surface area contributed by atoms with E-state index in [4.69, 9.17) is 45.3 Å². The number of anilines is 1. The fourth-order valence-electron chi connectivity index (χ4n) is 0.784. The summed E-state index contributed by atoms with van der Waals surface area (Å²) in [5.41, 5.74) is 5.83. The van der Waals surface area contributed by atoms with Crippen molar-refractivity contribution in [3.05, 3.63) is 21.1 Å². The maximum absolute atomic E-state index is 5.78. The third-order valence-electron chi connectivity index (χ3n) is 1.35. The van der Waals surface area contributed by atoms with Crippen molar-refractivity contribution in [3.8, 4) is 5.75 Å². The van der Waals surface area contributed by atoms with Crippen LogP contribution < -0.4 is 10.5 Å². The number of nitrogens with two attached hydrogens (primary N) is 1. The monoisotopic (exact) mass is 225 g/mol. The quantitative estimate of drug-likeness (QED) is 0.589. The van der Waals surface area contributed by atoms with E-state index in [2.05, 4.69) is 0 Å². The van der Waals surface area contributed by atoms with Crippen molar-refractivity contribution in [2.75, 3.05) is 12.8 Å². The first-order valence-electron chi connectivity index (χ1n) is 3.05. The molecule has 0 unspecified atom stereocenters. The van der Waals surface area contributed by atoms with Gasteiger partial charge in [-0.1, -0.05) is 34.8 Å². The van der Waals surface area contributed by atoms with Crippen molar-refractivity contribution < 1.29 is 4.74 Å². The topological polar surface area (TPSA) is 35.2 Å². The van der Waals surface area contributed by atoms with Crippen molar-refractivity contribution in [1.82, 2.24) is 0 Å². The van der Waals surface area contributed by atoms with Crippen molar-refractivity contribution in [3.63, 3.8) is 0 Å². The minimum absolute atomic E-state index is 0.240. The SMILES string of the molecule is COc1c(Cl)cc(N)c(Cl)c1Cl.